The number of pyridine rings is 1. The van der Waals surface area contributed by atoms with Crippen LogP contribution in [0.2, 0.25) is 0 Å². The fraction of sp³-hybridized carbons (Fsp3) is 0.176. The number of benzene rings is 1. The summed E-state index contributed by atoms with van der Waals surface area (Å²) in [5, 5.41) is 14.0. The minimum absolute atomic E-state index is 0.805. The molecular weight excluding hydrogens is 338 g/mol. The molecule has 0 radical (unpaired) electrons. The second kappa shape index (κ2) is 7.11. The number of nitrogens with zero attached hydrogens (tertiary/aromatic N) is 5. The van der Waals surface area contributed by atoms with Gasteiger partial charge in [-0.1, -0.05) is 47.7 Å². The first-order chi connectivity index (χ1) is 11.9. The Morgan fingerprint density at radius 1 is 1.00 bits per heavy atom. The largest absolute Gasteiger partial charge is 0.254 e. The van der Waals surface area contributed by atoms with Crippen LogP contribution in [0.4, 0.5) is 0 Å². The first kappa shape index (κ1) is 15.3. The van der Waals surface area contributed by atoms with E-state index in [1.54, 1.807) is 6.20 Å². The summed E-state index contributed by atoms with van der Waals surface area (Å²) in [4.78, 5) is 5.16. The van der Waals surface area contributed by atoms with Crippen molar-refractivity contribution in [3.8, 4) is 10.7 Å². The van der Waals surface area contributed by atoms with Gasteiger partial charge in [0, 0.05) is 6.20 Å². The average Bonchev–Trinajstić information content (AvgIpc) is 3.22. The van der Waals surface area contributed by atoms with Crippen LogP contribution < -0.4 is 0 Å². The molecule has 4 aromatic rings. The van der Waals surface area contributed by atoms with Gasteiger partial charge in [0.25, 0.3) is 0 Å². The molecular formula is C17H15N5S2. The highest BCUT2D eigenvalue weighted by atomic mass is 32.2. The molecule has 0 saturated heterocycles. The lowest BCUT2D eigenvalue weighted by Crippen LogP contribution is -1.96. The monoisotopic (exact) mass is 353 g/mol. The zero-order valence-electron chi connectivity index (χ0n) is 12.9. The topological polar surface area (TPSA) is 56.0 Å². The molecule has 0 fully saturated rings. The third-order valence-electron chi connectivity index (χ3n) is 3.55. The Bertz CT molecular complexity index is 918. The van der Waals surface area contributed by atoms with E-state index in [0.29, 0.717) is 0 Å². The van der Waals surface area contributed by atoms with E-state index in [9.17, 15) is 0 Å². The lowest BCUT2D eigenvalue weighted by Gasteiger charge is -2.00. The van der Waals surface area contributed by atoms with Gasteiger partial charge in [0.1, 0.15) is 5.69 Å². The molecule has 0 N–H and O–H groups in total. The molecule has 24 heavy (non-hydrogen) atoms. The number of aromatic nitrogens is 5. The summed E-state index contributed by atoms with van der Waals surface area (Å²) >= 11 is 3.37. The zero-order valence-corrected chi connectivity index (χ0v) is 14.5. The van der Waals surface area contributed by atoms with E-state index >= 15 is 0 Å². The fourth-order valence-electron chi connectivity index (χ4n) is 2.34. The summed E-state index contributed by atoms with van der Waals surface area (Å²) in [6, 6.07) is 16.4. The highest BCUT2D eigenvalue weighted by Gasteiger charge is 2.13. The van der Waals surface area contributed by atoms with Crippen molar-refractivity contribution < 1.29 is 0 Å². The van der Waals surface area contributed by atoms with Crippen molar-refractivity contribution in [1.29, 1.82) is 0 Å². The number of rotatable bonds is 6. The summed E-state index contributed by atoms with van der Waals surface area (Å²) in [7, 11) is 0. The molecule has 3 aromatic heterocycles. The lowest BCUT2D eigenvalue weighted by molar-refractivity contribution is 0.885. The Morgan fingerprint density at radius 2 is 1.88 bits per heavy atom. The molecule has 120 valence electrons. The van der Waals surface area contributed by atoms with Crippen LogP contribution >= 0.6 is 23.1 Å². The van der Waals surface area contributed by atoms with Crippen LogP contribution in [-0.2, 0) is 12.2 Å². The van der Waals surface area contributed by atoms with E-state index in [0.717, 1.165) is 39.4 Å². The first-order valence-corrected chi connectivity index (χ1v) is 9.61. The number of hydrogen-bond acceptors (Lipinski definition) is 6. The van der Waals surface area contributed by atoms with Crippen molar-refractivity contribution >= 4 is 28.1 Å². The van der Waals surface area contributed by atoms with Crippen LogP contribution in [0.5, 0.6) is 0 Å². The van der Waals surface area contributed by atoms with Crippen molar-refractivity contribution in [2.75, 3.05) is 5.75 Å². The minimum atomic E-state index is 0.805. The highest BCUT2D eigenvalue weighted by molar-refractivity contribution is 7.98. The smallest absolute Gasteiger partial charge is 0.235 e. The van der Waals surface area contributed by atoms with Gasteiger partial charge in [0.15, 0.2) is 10.8 Å². The Balaban J connectivity index is 1.42. The van der Waals surface area contributed by atoms with Crippen molar-refractivity contribution in [2.45, 2.75) is 12.2 Å². The summed E-state index contributed by atoms with van der Waals surface area (Å²) in [5.74, 6) is 2.75. The van der Waals surface area contributed by atoms with E-state index < -0.39 is 0 Å². The molecule has 5 nitrogen and oxygen atoms in total. The van der Waals surface area contributed by atoms with Gasteiger partial charge < -0.3 is 0 Å². The second-order valence-corrected chi connectivity index (χ2v) is 7.28. The summed E-state index contributed by atoms with van der Waals surface area (Å²) < 4.78 is 1.84. The van der Waals surface area contributed by atoms with Crippen LogP contribution in [0.1, 0.15) is 11.4 Å². The molecule has 0 unspecified atom stereocenters. The lowest BCUT2D eigenvalue weighted by atomic mass is 10.2. The van der Waals surface area contributed by atoms with Gasteiger partial charge in [-0.25, -0.2) is 0 Å². The van der Waals surface area contributed by atoms with E-state index in [1.165, 1.54) is 16.9 Å². The predicted molar refractivity (Wildman–Crippen MR) is 98.2 cm³/mol. The zero-order chi connectivity index (χ0) is 16.2. The van der Waals surface area contributed by atoms with Gasteiger partial charge in [0.05, 0.1) is 5.75 Å². The third kappa shape index (κ3) is 3.32. The van der Waals surface area contributed by atoms with Gasteiger partial charge in [-0.05, 0) is 29.9 Å². The van der Waals surface area contributed by atoms with Gasteiger partial charge >= 0.3 is 0 Å². The van der Waals surface area contributed by atoms with Crippen LogP contribution in [0.25, 0.3) is 15.7 Å². The molecule has 7 heteroatoms. The van der Waals surface area contributed by atoms with Gasteiger partial charge in [-0.2, -0.15) is 21.4 Å². The van der Waals surface area contributed by atoms with E-state index in [-0.39, 0.29) is 0 Å². The highest BCUT2D eigenvalue weighted by Crippen LogP contribution is 2.24. The van der Waals surface area contributed by atoms with Crippen LogP contribution in [0.15, 0.2) is 54.7 Å². The Kier molecular flexibility index (Phi) is 4.53. The molecule has 3 heterocycles. The average molecular weight is 353 g/mol. The molecule has 0 aliphatic heterocycles. The van der Waals surface area contributed by atoms with E-state index in [1.807, 2.05) is 40.5 Å². The molecule has 0 saturated carbocycles. The maximum absolute atomic E-state index is 4.61. The number of fused-ring (bicyclic) bond motifs is 1. The molecule has 0 spiro atoms. The maximum atomic E-state index is 4.61. The summed E-state index contributed by atoms with van der Waals surface area (Å²) in [6.07, 6.45) is 2.84. The first-order valence-electron chi connectivity index (χ1n) is 7.64. The quantitative estimate of drug-likeness (QED) is 0.495. The standard InChI is InChI=1S/C17H15N5S2/c1-2-6-13(7-3-1)9-11-23-12-15-19-20-17-22(15)21-16(24-17)14-8-4-5-10-18-14/h1-8,10H,9,11-12H2. The van der Waals surface area contributed by atoms with Gasteiger partial charge in [0.2, 0.25) is 4.96 Å². The van der Waals surface area contributed by atoms with Crippen LogP contribution in [0.3, 0.4) is 0 Å². The molecule has 0 bridgehead atoms. The molecule has 0 aliphatic carbocycles. The van der Waals surface area contributed by atoms with E-state index in [4.69, 9.17) is 0 Å². The Morgan fingerprint density at radius 3 is 2.71 bits per heavy atom. The molecule has 4 rings (SSSR count). The SMILES string of the molecule is c1ccc(CCSCc2nnc3sc(-c4ccccn4)nn23)cc1. The maximum Gasteiger partial charge on any atom is 0.235 e. The number of aryl methyl sites for hydroxylation is 1. The predicted octanol–water partition coefficient (Wildman–Crippen LogP) is 3.72. The normalized spacial score (nSPS) is 11.2. The molecule has 0 atom stereocenters. The van der Waals surface area contributed by atoms with Crippen LogP contribution in [-0.4, -0.2) is 30.5 Å². The fourth-order valence-corrected chi connectivity index (χ4v) is 4.06. The summed E-state index contributed by atoms with van der Waals surface area (Å²) in [6.45, 7) is 0. The number of thioether (sulfide) groups is 1. The van der Waals surface area contributed by atoms with Crippen molar-refractivity contribution in [3.63, 3.8) is 0 Å². The molecule has 0 amide bonds. The summed E-state index contributed by atoms with van der Waals surface area (Å²) in [5.41, 5.74) is 2.23. The Hall–Kier alpha value is -2.25. The minimum Gasteiger partial charge on any atom is -0.254 e. The van der Waals surface area contributed by atoms with Gasteiger partial charge in [-0.15, -0.1) is 10.2 Å². The molecule has 1 aromatic carbocycles. The van der Waals surface area contributed by atoms with Crippen LogP contribution in [0, 0.1) is 0 Å². The van der Waals surface area contributed by atoms with Crippen molar-refractivity contribution in [2.24, 2.45) is 0 Å². The second-order valence-electron chi connectivity index (χ2n) is 5.22. The third-order valence-corrected chi connectivity index (χ3v) is 5.42. The van der Waals surface area contributed by atoms with Crippen molar-refractivity contribution in [1.82, 2.24) is 24.8 Å². The Labute approximate surface area is 147 Å². The molecule has 0 aliphatic rings. The van der Waals surface area contributed by atoms with Crippen molar-refractivity contribution in [3.05, 3.63) is 66.1 Å². The van der Waals surface area contributed by atoms with Gasteiger partial charge in [-0.3, -0.25) is 4.98 Å². The number of hydrogen-bond donors (Lipinski definition) is 0. The van der Waals surface area contributed by atoms with E-state index in [2.05, 4.69) is 44.5 Å².